The molecular formula is C54H37N. The van der Waals surface area contributed by atoms with E-state index in [1.807, 2.05) is 0 Å². The quantitative estimate of drug-likeness (QED) is 0.150. The normalized spacial score (nSPS) is 11.3. The molecule has 10 aromatic rings. The van der Waals surface area contributed by atoms with Gasteiger partial charge in [0.1, 0.15) is 0 Å². The lowest BCUT2D eigenvalue weighted by atomic mass is 9.94. The molecule has 55 heavy (non-hydrogen) atoms. The van der Waals surface area contributed by atoms with Gasteiger partial charge in [-0.15, -0.1) is 0 Å². The minimum atomic E-state index is 1.10. The topological polar surface area (TPSA) is 3.24 Å². The lowest BCUT2D eigenvalue weighted by Crippen LogP contribution is -2.11. The molecule has 0 atom stereocenters. The number of fused-ring (bicyclic) bond motifs is 5. The van der Waals surface area contributed by atoms with E-state index in [9.17, 15) is 0 Å². The van der Waals surface area contributed by atoms with Gasteiger partial charge in [-0.05, 0) is 108 Å². The molecule has 0 saturated carbocycles. The van der Waals surface area contributed by atoms with Crippen molar-refractivity contribution in [3.63, 3.8) is 0 Å². The highest BCUT2D eigenvalue weighted by atomic mass is 15.1. The monoisotopic (exact) mass is 699 g/mol. The van der Waals surface area contributed by atoms with Gasteiger partial charge in [-0.2, -0.15) is 0 Å². The molecule has 1 nitrogen and oxygen atoms in total. The average Bonchev–Trinajstić information content (AvgIpc) is 3.27. The van der Waals surface area contributed by atoms with Crippen LogP contribution < -0.4 is 4.90 Å². The van der Waals surface area contributed by atoms with Gasteiger partial charge in [0.25, 0.3) is 0 Å². The second-order valence-corrected chi connectivity index (χ2v) is 14.1. The van der Waals surface area contributed by atoms with Crippen molar-refractivity contribution in [1.29, 1.82) is 0 Å². The number of anilines is 3. The van der Waals surface area contributed by atoms with E-state index in [1.165, 1.54) is 76.8 Å². The molecule has 0 aromatic heterocycles. The standard InChI is InChI=1S/C54H37N/c1-3-11-38(12-4-1)39-19-21-40(22-20-39)41-25-31-47(32-26-41)55(54-18-10-9-17-50(54)43-13-5-2-6-14-43)48-33-27-42(28-34-48)46-24-23-45-30-35-51-49-16-8-7-15-44(49)29-36-52(51)53(45)37-46/h1-37H. The molecular weight excluding hydrogens is 663 g/mol. The van der Waals surface area contributed by atoms with Gasteiger partial charge in [-0.1, -0.05) is 188 Å². The van der Waals surface area contributed by atoms with Crippen LogP contribution in [0, 0.1) is 0 Å². The van der Waals surface area contributed by atoms with Crippen LogP contribution in [0.3, 0.4) is 0 Å². The highest BCUT2D eigenvalue weighted by molar-refractivity contribution is 6.17. The van der Waals surface area contributed by atoms with E-state index < -0.39 is 0 Å². The molecule has 0 spiro atoms. The van der Waals surface area contributed by atoms with Crippen molar-refractivity contribution in [3.8, 4) is 44.5 Å². The Morgan fingerprint density at radius 3 is 1.29 bits per heavy atom. The fourth-order valence-corrected chi connectivity index (χ4v) is 8.05. The second-order valence-electron chi connectivity index (χ2n) is 14.1. The third kappa shape index (κ3) is 6.12. The smallest absolute Gasteiger partial charge is 0.0540 e. The fourth-order valence-electron chi connectivity index (χ4n) is 8.05. The first-order chi connectivity index (χ1) is 27.3. The van der Waals surface area contributed by atoms with Crippen molar-refractivity contribution in [2.24, 2.45) is 0 Å². The average molecular weight is 700 g/mol. The van der Waals surface area contributed by atoms with E-state index in [4.69, 9.17) is 0 Å². The van der Waals surface area contributed by atoms with Gasteiger partial charge in [0.2, 0.25) is 0 Å². The van der Waals surface area contributed by atoms with Crippen LogP contribution >= 0.6 is 0 Å². The molecule has 0 aliphatic heterocycles. The molecule has 0 amide bonds. The summed E-state index contributed by atoms with van der Waals surface area (Å²) >= 11 is 0. The summed E-state index contributed by atoms with van der Waals surface area (Å²) in [7, 11) is 0. The van der Waals surface area contributed by atoms with Crippen molar-refractivity contribution < 1.29 is 0 Å². The Morgan fingerprint density at radius 2 is 0.655 bits per heavy atom. The third-order valence-electron chi connectivity index (χ3n) is 10.9. The predicted molar refractivity (Wildman–Crippen MR) is 235 cm³/mol. The zero-order valence-electron chi connectivity index (χ0n) is 30.3. The summed E-state index contributed by atoms with van der Waals surface area (Å²) in [6, 6.07) is 81.3. The minimum absolute atomic E-state index is 1.10. The number of rotatable bonds is 7. The summed E-state index contributed by atoms with van der Waals surface area (Å²) < 4.78 is 0. The van der Waals surface area contributed by atoms with Crippen molar-refractivity contribution in [1.82, 2.24) is 0 Å². The number of nitrogens with zero attached hydrogens (tertiary/aromatic N) is 1. The SMILES string of the molecule is c1ccc(-c2ccc(-c3ccc(N(c4ccc(-c5ccc6ccc7c8ccccc8ccc7c6c5)cc4)c4ccccc4-c4ccccc4)cc3)cc2)cc1. The Balaban J connectivity index is 1.04. The molecule has 0 saturated heterocycles. The minimum Gasteiger partial charge on any atom is -0.310 e. The molecule has 0 N–H and O–H groups in total. The Hall–Kier alpha value is -7.22. The second kappa shape index (κ2) is 14.0. The Morgan fingerprint density at radius 1 is 0.236 bits per heavy atom. The van der Waals surface area contributed by atoms with Crippen LogP contribution in [0.4, 0.5) is 17.1 Å². The number of benzene rings is 10. The van der Waals surface area contributed by atoms with Gasteiger partial charge >= 0.3 is 0 Å². The van der Waals surface area contributed by atoms with Crippen LogP contribution in [0.2, 0.25) is 0 Å². The van der Waals surface area contributed by atoms with Crippen LogP contribution in [0.15, 0.2) is 224 Å². The van der Waals surface area contributed by atoms with Crippen molar-refractivity contribution in [2.75, 3.05) is 4.90 Å². The maximum atomic E-state index is 2.38. The van der Waals surface area contributed by atoms with Gasteiger partial charge < -0.3 is 4.90 Å². The Bertz CT molecular complexity index is 2930. The van der Waals surface area contributed by atoms with Gasteiger partial charge in [-0.25, -0.2) is 0 Å². The maximum absolute atomic E-state index is 2.38. The molecule has 1 heteroatoms. The number of hydrogen-bond donors (Lipinski definition) is 0. The molecule has 0 bridgehead atoms. The summed E-state index contributed by atoms with van der Waals surface area (Å²) in [6.45, 7) is 0. The molecule has 0 fully saturated rings. The largest absolute Gasteiger partial charge is 0.310 e. The van der Waals surface area contributed by atoms with Gasteiger partial charge in [0, 0.05) is 16.9 Å². The van der Waals surface area contributed by atoms with E-state index in [0.29, 0.717) is 0 Å². The van der Waals surface area contributed by atoms with Crippen LogP contribution in [-0.4, -0.2) is 0 Å². The van der Waals surface area contributed by atoms with Crippen molar-refractivity contribution >= 4 is 49.4 Å². The van der Waals surface area contributed by atoms with E-state index >= 15 is 0 Å². The van der Waals surface area contributed by atoms with Gasteiger partial charge in [0.05, 0.1) is 5.69 Å². The third-order valence-corrected chi connectivity index (χ3v) is 10.9. The van der Waals surface area contributed by atoms with Crippen molar-refractivity contribution in [2.45, 2.75) is 0 Å². The molecule has 0 aliphatic carbocycles. The molecule has 0 radical (unpaired) electrons. The van der Waals surface area contributed by atoms with Crippen LogP contribution in [-0.2, 0) is 0 Å². The first-order valence-electron chi connectivity index (χ1n) is 18.9. The summed E-state index contributed by atoms with van der Waals surface area (Å²) in [5, 5.41) is 7.67. The first kappa shape index (κ1) is 32.4. The van der Waals surface area contributed by atoms with E-state index in [1.54, 1.807) is 0 Å². The molecule has 0 heterocycles. The summed E-state index contributed by atoms with van der Waals surface area (Å²) in [5.74, 6) is 0. The Kier molecular flexibility index (Phi) is 8.24. The van der Waals surface area contributed by atoms with Crippen molar-refractivity contribution in [3.05, 3.63) is 224 Å². The van der Waals surface area contributed by atoms with Gasteiger partial charge in [0.15, 0.2) is 0 Å². The molecule has 10 aromatic carbocycles. The lowest BCUT2D eigenvalue weighted by molar-refractivity contribution is 1.28. The zero-order valence-corrected chi connectivity index (χ0v) is 30.3. The molecule has 258 valence electrons. The summed E-state index contributed by atoms with van der Waals surface area (Å²) in [6.07, 6.45) is 0. The van der Waals surface area contributed by atoms with Crippen LogP contribution in [0.5, 0.6) is 0 Å². The summed E-state index contributed by atoms with van der Waals surface area (Å²) in [4.78, 5) is 2.38. The van der Waals surface area contributed by atoms with E-state index in [-0.39, 0.29) is 0 Å². The maximum Gasteiger partial charge on any atom is 0.0540 e. The Labute approximate surface area is 322 Å². The first-order valence-corrected chi connectivity index (χ1v) is 18.9. The highest BCUT2D eigenvalue weighted by Crippen LogP contribution is 2.42. The highest BCUT2D eigenvalue weighted by Gasteiger charge is 2.18. The fraction of sp³-hybridized carbons (Fsp3) is 0. The molecule has 0 unspecified atom stereocenters. The number of para-hydroxylation sites is 1. The van der Waals surface area contributed by atoms with E-state index in [2.05, 4.69) is 229 Å². The zero-order chi connectivity index (χ0) is 36.6. The summed E-state index contributed by atoms with van der Waals surface area (Å²) in [5.41, 5.74) is 12.9. The van der Waals surface area contributed by atoms with Gasteiger partial charge in [-0.3, -0.25) is 0 Å². The van der Waals surface area contributed by atoms with Crippen LogP contribution in [0.25, 0.3) is 76.8 Å². The molecule has 0 aliphatic rings. The lowest BCUT2D eigenvalue weighted by Gasteiger charge is -2.28. The number of hydrogen-bond acceptors (Lipinski definition) is 1. The van der Waals surface area contributed by atoms with E-state index in [0.717, 1.165) is 17.1 Å². The predicted octanol–water partition coefficient (Wildman–Crippen LogP) is 15.3. The van der Waals surface area contributed by atoms with Crippen LogP contribution in [0.1, 0.15) is 0 Å². The molecule has 10 rings (SSSR count).